The third-order valence-electron chi connectivity index (χ3n) is 10.5. The summed E-state index contributed by atoms with van der Waals surface area (Å²) in [5.41, 5.74) is 0. The first-order chi connectivity index (χ1) is 22.7. The Morgan fingerprint density at radius 1 is 0.562 bits per heavy atom. The number of hydrogen-bond acceptors (Lipinski definition) is 4. The Kier molecular flexibility index (Phi) is 10.8. The zero-order valence-corrected chi connectivity index (χ0v) is 32.2. The molecule has 0 spiro atoms. The van der Waals surface area contributed by atoms with Crippen LogP contribution in [0.4, 0.5) is 0 Å². The van der Waals surface area contributed by atoms with Gasteiger partial charge in [-0.25, -0.2) is 0 Å². The van der Waals surface area contributed by atoms with E-state index in [-0.39, 0.29) is 29.2 Å². The Morgan fingerprint density at radius 3 is 1.06 bits per heavy atom. The van der Waals surface area contributed by atoms with Crippen LogP contribution in [0, 0.1) is 5.92 Å². The van der Waals surface area contributed by atoms with Gasteiger partial charge in [-0.1, -0.05) is 176 Å². The van der Waals surface area contributed by atoms with Gasteiger partial charge in [-0.05, 0) is 49.6 Å². The molecule has 0 atom stereocenters. The second-order valence-electron chi connectivity index (χ2n) is 15.4. The number of benzene rings is 4. The van der Waals surface area contributed by atoms with Crippen LogP contribution in [0.5, 0.6) is 0 Å². The first-order valence-electron chi connectivity index (χ1n) is 17.2. The fraction of sp³-hybridized carbons (Fsp3) is 0.400. The summed E-state index contributed by atoms with van der Waals surface area (Å²) < 4.78 is 52.9. The van der Waals surface area contributed by atoms with E-state index in [4.69, 9.17) is 8.85 Å². The molecule has 0 saturated heterocycles. The highest BCUT2D eigenvalue weighted by Gasteiger charge is 2.59. The van der Waals surface area contributed by atoms with Crippen molar-refractivity contribution in [1.82, 2.24) is 0 Å². The Morgan fingerprint density at radius 2 is 0.833 bits per heavy atom. The molecule has 1 N–H and O–H groups in total. The van der Waals surface area contributed by atoms with E-state index in [0.717, 1.165) is 33.6 Å². The quantitative estimate of drug-likeness (QED) is 0.128. The predicted octanol–water partition coefficient (Wildman–Crippen LogP) is 6.96. The molecule has 4 aromatic rings. The van der Waals surface area contributed by atoms with Gasteiger partial charge >= 0.3 is 0 Å². The van der Waals surface area contributed by atoms with Gasteiger partial charge in [-0.3, -0.25) is 4.55 Å². The summed E-state index contributed by atoms with van der Waals surface area (Å²) in [5, 5.41) is 3.52. The fourth-order valence-electron chi connectivity index (χ4n) is 8.07. The third-order valence-corrected chi connectivity index (χ3v) is 22.1. The molecule has 5 rings (SSSR count). The largest absolute Gasteiger partial charge is 0.406 e. The zero-order valence-electron chi connectivity index (χ0n) is 29.4. The van der Waals surface area contributed by atoms with Crippen molar-refractivity contribution >= 4 is 47.5 Å². The van der Waals surface area contributed by atoms with E-state index < -0.39 is 31.5 Å². The van der Waals surface area contributed by atoms with Crippen molar-refractivity contribution in [2.45, 2.75) is 82.0 Å². The lowest BCUT2D eigenvalue weighted by Gasteiger charge is -2.48. The van der Waals surface area contributed by atoms with Crippen molar-refractivity contribution in [2.24, 2.45) is 5.92 Å². The van der Waals surface area contributed by atoms with E-state index in [2.05, 4.69) is 90.1 Å². The maximum atomic E-state index is 14.1. The lowest BCUT2D eigenvalue weighted by atomic mass is 9.91. The monoisotopic (exact) mass is 700 g/mol. The molecule has 1 aliphatic rings. The summed E-state index contributed by atoms with van der Waals surface area (Å²) >= 11 is 0. The predicted molar refractivity (Wildman–Crippen MR) is 203 cm³/mol. The van der Waals surface area contributed by atoms with Crippen LogP contribution in [0.2, 0.25) is 10.1 Å². The van der Waals surface area contributed by atoms with Gasteiger partial charge in [0.05, 0.1) is 13.2 Å². The molecule has 256 valence electrons. The molecule has 48 heavy (non-hydrogen) atoms. The first-order valence-corrected chi connectivity index (χ1v) is 22.4. The average Bonchev–Trinajstić information content (AvgIpc) is 3.60. The first kappa shape index (κ1) is 36.4. The molecule has 1 fully saturated rings. The number of rotatable bonds is 12. The molecule has 0 unspecified atom stereocenters. The van der Waals surface area contributed by atoms with E-state index >= 15 is 0 Å². The summed E-state index contributed by atoms with van der Waals surface area (Å²) in [6, 6.07) is 41.0. The molecule has 4 aromatic carbocycles. The highest BCUT2D eigenvalue weighted by molar-refractivity contribution is 7.87. The Balaban J connectivity index is 1.70. The molecule has 1 saturated carbocycles. The summed E-state index contributed by atoms with van der Waals surface area (Å²) in [5.74, 6) is -0.316. The SMILES string of the molecule is CC(C)(C)[Si](OCC(CO[Si](c1ccccc1)(c1ccccc1)C(C)(C)C)(C1CCCC1)S(=O)(=O)O)(c1ccccc1)c1ccccc1. The average molecular weight is 701 g/mol. The zero-order chi connectivity index (χ0) is 34.7. The number of hydrogen-bond donors (Lipinski definition) is 1. The summed E-state index contributed by atoms with van der Waals surface area (Å²) in [6.45, 7) is 12.8. The Bertz CT molecular complexity index is 1530. The van der Waals surface area contributed by atoms with Crippen LogP contribution in [0.25, 0.3) is 0 Å². The van der Waals surface area contributed by atoms with Gasteiger partial charge in [0.25, 0.3) is 26.8 Å². The van der Waals surface area contributed by atoms with Gasteiger partial charge in [0.15, 0.2) is 0 Å². The molecule has 0 radical (unpaired) electrons. The van der Waals surface area contributed by atoms with Gasteiger partial charge < -0.3 is 8.85 Å². The van der Waals surface area contributed by atoms with Gasteiger partial charge in [-0.15, -0.1) is 0 Å². The maximum Gasteiger partial charge on any atom is 0.275 e. The minimum absolute atomic E-state index is 0.165. The standard InChI is InChI=1S/C40H52O5SSi2/c1-38(2,3)47(34-23-11-7-12-24-34,35-25-13-8-14-26-35)44-31-40(46(41,42)43,33-21-19-20-22-33)32-45-48(39(4,5)6,36-27-15-9-16-28-36)37-29-17-10-18-30-37/h7-18,23-30,33H,19-22,31-32H2,1-6H3,(H,41,42,43). The molecule has 0 heterocycles. The third kappa shape index (κ3) is 6.67. The van der Waals surface area contributed by atoms with Crippen molar-refractivity contribution in [2.75, 3.05) is 13.2 Å². The smallest absolute Gasteiger partial charge is 0.275 e. The van der Waals surface area contributed by atoms with E-state index in [0.29, 0.717) is 12.8 Å². The van der Waals surface area contributed by atoms with Crippen LogP contribution < -0.4 is 20.7 Å². The summed E-state index contributed by atoms with van der Waals surface area (Å²) in [7, 11) is -11.0. The van der Waals surface area contributed by atoms with Gasteiger partial charge in [0, 0.05) is 0 Å². The highest BCUT2D eigenvalue weighted by atomic mass is 32.2. The molecular formula is C40H52O5SSi2. The van der Waals surface area contributed by atoms with Crippen molar-refractivity contribution in [1.29, 1.82) is 0 Å². The van der Waals surface area contributed by atoms with Crippen molar-refractivity contribution < 1.29 is 21.8 Å². The molecule has 0 aliphatic heterocycles. The van der Waals surface area contributed by atoms with E-state index in [9.17, 15) is 13.0 Å². The van der Waals surface area contributed by atoms with Gasteiger partial charge in [0.2, 0.25) is 0 Å². The normalized spacial score (nSPS) is 15.5. The van der Waals surface area contributed by atoms with Crippen LogP contribution in [0.1, 0.15) is 67.2 Å². The molecular weight excluding hydrogens is 649 g/mol. The van der Waals surface area contributed by atoms with Crippen LogP contribution in [-0.4, -0.2) is 47.6 Å². The van der Waals surface area contributed by atoms with Crippen molar-refractivity contribution in [3.05, 3.63) is 121 Å². The molecule has 0 aromatic heterocycles. The molecule has 0 bridgehead atoms. The minimum Gasteiger partial charge on any atom is -0.406 e. The molecule has 5 nitrogen and oxygen atoms in total. The second-order valence-corrected chi connectivity index (χ2v) is 25.8. The van der Waals surface area contributed by atoms with Crippen molar-refractivity contribution in [3.8, 4) is 0 Å². The molecule has 1 aliphatic carbocycles. The van der Waals surface area contributed by atoms with Crippen molar-refractivity contribution in [3.63, 3.8) is 0 Å². The molecule has 0 amide bonds. The Hall–Kier alpha value is -2.86. The van der Waals surface area contributed by atoms with E-state index in [1.165, 1.54) is 0 Å². The maximum absolute atomic E-state index is 14.1. The second kappa shape index (κ2) is 14.2. The fourth-order valence-corrected chi connectivity index (χ4v) is 18.6. The van der Waals surface area contributed by atoms with Crippen LogP contribution in [0.3, 0.4) is 0 Å². The summed E-state index contributed by atoms with van der Waals surface area (Å²) in [6.07, 6.45) is 3.18. The Labute approximate surface area is 290 Å². The van der Waals surface area contributed by atoms with E-state index in [1.807, 2.05) is 72.8 Å². The minimum atomic E-state index is -4.68. The highest BCUT2D eigenvalue weighted by Crippen LogP contribution is 2.45. The lowest BCUT2D eigenvalue weighted by molar-refractivity contribution is 0.132. The summed E-state index contributed by atoms with van der Waals surface area (Å²) in [4.78, 5) is 0. The van der Waals surface area contributed by atoms with Crippen LogP contribution in [0.15, 0.2) is 121 Å². The van der Waals surface area contributed by atoms with Crippen LogP contribution in [-0.2, 0) is 19.0 Å². The van der Waals surface area contributed by atoms with Gasteiger partial charge in [0.1, 0.15) is 4.75 Å². The van der Waals surface area contributed by atoms with Gasteiger partial charge in [-0.2, -0.15) is 8.42 Å². The lowest BCUT2D eigenvalue weighted by Crippen LogP contribution is -2.70. The van der Waals surface area contributed by atoms with E-state index in [1.54, 1.807) is 0 Å². The topological polar surface area (TPSA) is 72.8 Å². The molecule has 8 heteroatoms. The van der Waals surface area contributed by atoms with Crippen LogP contribution >= 0.6 is 0 Å².